The second-order valence-corrected chi connectivity index (χ2v) is 7.29. The van der Waals surface area contributed by atoms with E-state index < -0.39 is 18.6 Å². The molecule has 0 spiro atoms. The molecule has 0 radical (unpaired) electrons. The van der Waals surface area contributed by atoms with E-state index >= 15 is 0 Å². The van der Waals surface area contributed by atoms with E-state index in [1.807, 2.05) is 66.7 Å². The molecule has 3 aromatic carbocycles. The maximum Gasteiger partial charge on any atom is 0.239 e. The summed E-state index contributed by atoms with van der Waals surface area (Å²) in [5.74, 6) is -0.618. The Labute approximate surface area is 174 Å². The Balaban J connectivity index is 1.85. The number of H-pyrrole nitrogens is 1. The fraction of sp³-hybridized carbons (Fsp3) is 0.160. The number of carbonyl (C=O) groups is 1. The zero-order valence-electron chi connectivity index (χ0n) is 16.5. The lowest BCUT2D eigenvalue weighted by Crippen LogP contribution is -2.43. The van der Waals surface area contributed by atoms with E-state index in [0.717, 1.165) is 33.3 Å². The van der Waals surface area contributed by atoms with Crippen LogP contribution in [0.3, 0.4) is 0 Å². The first-order valence-corrected chi connectivity index (χ1v) is 9.99. The third-order valence-electron chi connectivity index (χ3n) is 5.34. The van der Waals surface area contributed by atoms with Crippen LogP contribution in [-0.4, -0.2) is 30.2 Å². The van der Waals surface area contributed by atoms with Crippen molar-refractivity contribution in [3.05, 3.63) is 96.1 Å². The van der Waals surface area contributed by atoms with Gasteiger partial charge in [0.2, 0.25) is 5.91 Å². The highest BCUT2D eigenvalue weighted by atomic mass is 19.1. The monoisotopic (exact) mass is 401 g/mol. The summed E-state index contributed by atoms with van der Waals surface area (Å²) >= 11 is 0. The van der Waals surface area contributed by atoms with Gasteiger partial charge in [0.1, 0.15) is 12.7 Å². The van der Waals surface area contributed by atoms with E-state index in [1.165, 1.54) is 0 Å². The number of aromatic amines is 1. The largest absolute Gasteiger partial charge is 0.354 e. The first-order valence-electron chi connectivity index (χ1n) is 9.99. The topological polar surface area (TPSA) is 70.9 Å². The summed E-state index contributed by atoms with van der Waals surface area (Å²) in [6.07, 6.45) is 0. The van der Waals surface area contributed by atoms with Gasteiger partial charge in [0.15, 0.2) is 0 Å². The number of hydrogen-bond donors (Lipinski definition) is 3. The van der Waals surface area contributed by atoms with Crippen molar-refractivity contribution in [3.63, 3.8) is 0 Å². The molecule has 1 amide bonds. The van der Waals surface area contributed by atoms with Crippen LogP contribution in [-0.2, 0) is 4.79 Å². The zero-order valence-corrected chi connectivity index (χ0v) is 16.5. The van der Waals surface area contributed by atoms with Crippen molar-refractivity contribution in [3.8, 4) is 11.3 Å². The average Bonchev–Trinajstić information content (AvgIpc) is 3.19. The van der Waals surface area contributed by atoms with Crippen molar-refractivity contribution >= 4 is 16.8 Å². The Hall–Kier alpha value is -3.44. The van der Waals surface area contributed by atoms with Crippen molar-refractivity contribution in [1.82, 2.24) is 10.3 Å². The van der Waals surface area contributed by atoms with Crippen molar-refractivity contribution in [2.75, 3.05) is 13.2 Å². The molecule has 1 aromatic heterocycles. The summed E-state index contributed by atoms with van der Waals surface area (Å²) in [6, 6.07) is 27.1. The molecule has 152 valence electrons. The van der Waals surface area contributed by atoms with Crippen LogP contribution in [0.1, 0.15) is 17.0 Å². The predicted molar refractivity (Wildman–Crippen MR) is 119 cm³/mol. The van der Waals surface area contributed by atoms with Gasteiger partial charge in [-0.05, 0) is 22.8 Å². The molecule has 0 aliphatic heterocycles. The molecule has 2 atom stereocenters. The van der Waals surface area contributed by atoms with E-state index in [2.05, 4.69) is 28.5 Å². The predicted octanol–water partition coefficient (Wildman–Crippen LogP) is 4.38. The fourth-order valence-corrected chi connectivity index (χ4v) is 3.83. The minimum absolute atomic E-state index is 0.131. The number of rotatable bonds is 7. The van der Waals surface area contributed by atoms with Gasteiger partial charge in [-0.15, -0.1) is 0 Å². The van der Waals surface area contributed by atoms with Crippen molar-refractivity contribution < 1.29 is 9.18 Å². The molecule has 0 saturated heterocycles. The Bertz CT molecular complexity index is 1130. The van der Waals surface area contributed by atoms with Crippen molar-refractivity contribution in [2.24, 2.45) is 5.73 Å². The zero-order chi connectivity index (χ0) is 20.9. The number of para-hydroxylation sites is 1. The van der Waals surface area contributed by atoms with Gasteiger partial charge in [-0.25, -0.2) is 4.39 Å². The number of benzene rings is 3. The van der Waals surface area contributed by atoms with Gasteiger partial charge in [-0.1, -0.05) is 78.9 Å². The molecule has 1 heterocycles. The van der Waals surface area contributed by atoms with Crippen LogP contribution < -0.4 is 11.1 Å². The average molecular weight is 401 g/mol. The molecule has 0 saturated carbocycles. The molecule has 0 aliphatic carbocycles. The quantitative estimate of drug-likeness (QED) is 0.430. The summed E-state index contributed by atoms with van der Waals surface area (Å²) in [5, 5.41) is 3.94. The third kappa shape index (κ3) is 3.98. The van der Waals surface area contributed by atoms with Crippen LogP contribution >= 0.6 is 0 Å². The number of nitrogens with two attached hydrogens (primary N) is 1. The highest BCUT2D eigenvalue weighted by molar-refractivity contribution is 5.92. The highest BCUT2D eigenvalue weighted by Crippen LogP contribution is 2.38. The first kappa shape index (κ1) is 19.9. The highest BCUT2D eigenvalue weighted by Gasteiger charge is 2.24. The number of halogens is 1. The van der Waals surface area contributed by atoms with Crippen LogP contribution in [0.15, 0.2) is 84.9 Å². The molecule has 4 aromatic rings. The smallest absolute Gasteiger partial charge is 0.239 e. The van der Waals surface area contributed by atoms with Gasteiger partial charge in [0, 0.05) is 23.4 Å². The van der Waals surface area contributed by atoms with Crippen LogP contribution in [0.5, 0.6) is 0 Å². The molecule has 0 fully saturated rings. The van der Waals surface area contributed by atoms with Crippen molar-refractivity contribution in [1.29, 1.82) is 0 Å². The van der Waals surface area contributed by atoms with Gasteiger partial charge >= 0.3 is 0 Å². The first-order chi connectivity index (χ1) is 14.7. The van der Waals surface area contributed by atoms with Gasteiger partial charge in [0.25, 0.3) is 0 Å². The number of alkyl halides is 1. The lowest BCUT2D eigenvalue weighted by molar-refractivity contribution is -0.122. The molecule has 1 unspecified atom stereocenters. The van der Waals surface area contributed by atoms with E-state index in [9.17, 15) is 9.18 Å². The molecular formula is C25H24FN3O. The minimum atomic E-state index is -1.15. The maximum absolute atomic E-state index is 12.9. The minimum Gasteiger partial charge on any atom is -0.354 e. The van der Waals surface area contributed by atoms with E-state index in [1.54, 1.807) is 0 Å². The van der Waals surface area contributed by atoms with Gasteiger partial charge in [-0.2, -0.15) is 0 Å². The van der Waals surface area contributed by atoms with Gasteiger partial charge in [-0.3, -0.25) is 4.79 Å². The normalized spacial score (nSPS) is 13.1. The van der Waals surface area contributed by atoms with Crippen LogP contribution in [0.2, 0.25) is 0 Å². The second-order valence-electron chi connectivity index (χ2n) is 7.29. The van der Waals surface area contributed by atoms with Gasteiger partial charge in [0.05, 0.1) is 5.69 Å². The van der Waals surface area contributed by atoms with Crippen LogP contribution in [0.4, 0.5) is 4.39 Å². The van der Waals surface area contributed by atoms with Gasteiger partial charge < -0.3 is 16.0 Å². The van der Waals surface area contributed by atoms with Crippen LogP contribution in [0, 0.1) is 0 Å². The summed E-state index contributed by atoms with van der Waals surface area (Å²) in [7, 11) is 0. The lowest BCUT2D eigenvalue weighted by Gasteiger charge is -2.21. The van der Waals surface area contributed by atoms with Crippen LogP contribution in [0.25, 0.3) is 22.2 Å². The van der Waals surface area contributed by atoms with E-state index in [4.69, 9.17) is 5.73 Å². The maximum atomic E-state index is 12.9. The molecule has 30 heavy (non-hydrogen) atoms. The fourth-order valence-electron chi connectivity index (χ4n) is 3.83. The van der Waals surface area contributed by atoms with E-state index in [0.29, 0.717) is 6.54 Å². The molecule has 0 aliphatic rings. The second kappa shape index (κ2) is 8.93. The summed E-state index contributed by atoms with van der Waals surface area (Å²) < 4.78 is 12.9. The molecule has 0 bridgehead atoms. The number of carbonyl (C=O) groups excluding carboxylic acids is 1. The molecule has 4 nitrogen and oxygen atoms in total. The molecule has 4 rings (SSSR count). The summed E-state index contributed by atoms with van der Waals surface area (Å²) in [6.45, 7) is -0.567. The molecular weight excluding hydrogens is 377 g/mol. The Morgan fingerprint density at radius 2 is 1.57 bits per heavy atom. The van der Waals surface area contributed by atoms with Crippen molar-refractivity contribution in [2.45, 2.75) is 12.0 Å². The number of nitrogens with one attached hydrogen (secondary N) is 2. The number of amides is 1. The number of hydrogen-bond acceptors (Lipinski definition) is 2. The molecule has 5 heteroatoms. The Kier molecular flexibility index (Phi) is 5.91. The lowest BCUT2D eigenvalue weighted by atomic mass is 9.87. The Morgan fingerprint density at radius 1 is 0.933 bits per heavy atom. The summed E-state index contributed by atoms with van der Waals surface area (Å²) in [4.78, 5) is 15.8. The standard InChI is InChI=1S/C25H24FN3O/c26-15-21(27)25(30)28-16-20(17-9-3-1-4-10-17)23-19-13-7-8-14-22(19)29-24(23)18-11-5-2-6-12-18/h1-14,20-21,29H,15-16,27H2,(H,28,30)/t20?,21-/m0/s1. The van der Waals surface area contributed by atoms with E-state index in [-0.39, 0.29) is 5.92 Å². The third-order valence-corrected chi connectivity index (χ3v) is 5.34. The SMILES string of the molecule is N[C@@H](CF)C(=O)NCC(c1ccccc1)c1c(-c2ccccc2)[nH]c2ccccc12. The summed E-state index contributed by atoms with van der Waals surface area (Å²) in [5.41, 5.74) is 10.8. The molecule has 4 N–H and O–H groups in total. The number of fused-ring (bicyclic) bond motifs is 1. The Morgan fingerprint density at radius 3 is 2.27 bits per heavy atom. The number of aromatic nitrogens is 1.